The number of imidazole rings is 1. The molecule has 3 saturated carbocycles. The molecule has 2 unspecified atom stereocenters. The van der Waals surface area contributed by atoms with Gasteiger partial charge in [-0.05, 0) is 85.2 Å². The average molecular weight is 662 g/mol. The van der Waals surface area contributed by atoms with Gasteiger partial charge in [0.15, 0.2) is 11.6 Å². The van der Waals surface area contributed by atoms with Crippen LogP contribution in [0.2, 0.25) is 0 Å². The third-order valence-corrected chi connectivity index (χ3v) is 14.4. The molecule has 1 amide bonds. The Morgan fingerprint density at radius 2 is 1.73 bits per heavy atom. The molecule has 2 aromatic rings. The molecule has 0 bridgehead atoms. The van der Waals surface area contributed by atoms with Gasteiger partial charge in [0.05, 0.1) is 23.2 Å². The van der Waals surface area contributed by atoms with Crippen molar-refractivity contribution in [2.24, 2.45) is 56.0 Å². The molecule has 5 aliphatic carbocycles. The first-order valence-electron chi connectivity index (χ1n) is 17.6. The molecule has 7 rings (SSSR count). The van der Waals surface area contributed by atoms with E-state index < -0.39 is 27.6 Å². The maximum absolute atomic E-state index is 14.9. The van der Waals surface area contributed by atoms with Crippen LogP contribution in [0.3, 0.4) is 0 Å². The number of aromatic nitrogens is 3. The van der Waals surface area contributed by atoms with Crippen LogP contribution in [-0.4, -0.2) is 37.9 Å². The van der Waals surface area contributed by atoms with Gasteiger partial charge in [-0.15, -0.1) is 0 Å². The number of hydrogen-bond acceptors (Lipinski definition) is 6. The Balaban J connectivity index is 1.33. The van der Waals surface area contributed by atoms with Gasteiger partial charge in [0.2, 0.25) is 17.5 Å². The molecule has 256 valence electrons. The van der Waals surface area contributed by atoms with Crippen molar-refractivity contribution in [3.8, 4) is 11.3 Å². The molecular formula is C40H47N5O4. The van der Waals surface area contributed by atoms with Gasteiger partial charge < -0.3 is 10.5 Å². The monoisotopic (exact) mass is 661 g/mol. The summed E-state index contributed by atoms with van der Waals surface area (Å²) >= 11 is 0. The van der Waals surface area contributed by atoms with Gasteiger partial charge >= 0.3 is 0 Å². The van der Waals surface area contributed by atoms with Crippen LogP contribution < -0.4 is 5.73 Å². The summed E-state index contributed by atoms with van der Waals surface area (Å²) in [6.07, 6.45) is 15.3. The molecule has 0 aromatic carbocycles. The number of carbonyl (C=O) groups is 4. The van der Waals surface area contributed by atoms with Crippen LogP contribution in [0.4, 0.5) is 0 Å². The predicted octanol–water partition coefficient (Wildman–Crippen LogP) is 7.26. The second-order valence-electron chi connectivity index (χ2n) is 17.6. The number of pyridine rings is 1. The number of allylic oxidation sites excluding steroid dienone is 4. The van der Waals surface area contributed by atoms with Gasteiger partial charge in [-0.2, -0.15) is 0 Å². The third-order valence-electron chi connectivity index (χ3n) is 14.4. The Morgan fingerprint density at radius 1 is 1.02 bits per heavy atom. The summed E-state index contributed by atoms with van der Waals surface area (Å²) in [6.45, 7) is 23.0. The van der Waals surface area contributed by atoms with E-state index in [0.717, 1.165) is 31.3 Å². The van der Waals surface area contributed by atoms with Crippen molar-refractivity contribution >= 4 is 23.4 Å². The van der Waals surface area contributed by atoms with Crippen molar-refractivity contribution in [3.63, 3.8) is 0 Å². The predicted molar refractivity (Wildman–Crippen MR) is 184 cm³/mol. The molecule has 0 spiro atoms. The molecule has 2 aromatic heterocycles. The number of fused-ring (bicyclic) bond motifs is 7. The minimum Gasteiger partial charge on any atom is -0.366 e. The van der Waals surface area contributed by atoms with E-state index in [-0.39, 0.29) is 57.3 Å². The van der Waals surface area contributed by atoms with Gasteiger partial charge in [0.1, 0.15) is 6.33 Å². The van der Waals surface area contributed by atoms with E-state index in [4.69, 9.17) is 12.3 Å². The zero-order chi connectivity index (χ0) is 35.5. The first kappa shape index (κ1) is 33.3. The van der Waals surface area contributed by atoms with E-state index >= 15 is 0 Å². The van der Waals surface area contributed by atoms with E-state index in [1.807, 2.05) is 26.0 Å². The summed E-state index contributed by atoms with van der Waals surface area (Å²) in [5.74, 6) is -1.25. The summed E-state index contributed by atoms with van der Waals surface area (Å²) < 4.78 is 1.56. The van der Waals surface area contributed by atoms with Gasteiger partial charge in [-0.3, -0.25) is 23.9 Å². The summed E-state index contributed by atoms with van der Waals surface area (Å²) in [4.78, 5) is 67.7. The van der Waals surface area contributed by atoms with Crippen LogP contribution in [0.25, 0.3) is 16.1 Å². The zero-order valence-electron chi connectivity index (χ0n) is 29.7. The van der Waals surface area contributed by atoms with E-state index in [9.17, 15) is 19.2 Å². The minimum absolute atomic E-state index is 0.0199. The zero-order valence-corrected chi connectivity index (χ0v) is 29.7. The fraction of sp³-hybridized carbons (Fsp3) is 0.575. The van der Waals surface area contributed by atoms with E-state index in [1.165, 1.54) is 18.7 Å². The summed E-state index contributed by atoms with van der Waals surface area (Å²) in [7, 11) is 0. The lowest BCUT2D eigenvalue weighted by Crippen LogP contribution is -2.66. The Morgan fingerprint density at radius 3 is 2.43 bits per heavy atom. The van der Waals surface area contributed by atoms with Crippen LogP contribution in [0.1, 0.15) is 109 Å². The summed E-state index contributed by atoms with van der Waals surface area (Å²) in [5.41, 5.74) is 5.15. The Kier molecular flexibility index (Phi) is 7.08. The normalized spacial score (nSPS) is 37.3. The second-order valence-corrected chi connectivity index (χ2v) is 17.6. The number of amides is 1. The molecule has 0 radical (unpaired) electrons. The highest BCUT2D eigenvalue weighted by atomic mass is 16.2. The van der Waals surface area contributed by atoms with Gasteiger partial charge in [0, 0.05) is 40.9 Å². The number of hydrogen-bond donors (Lipinski definition) is 1. The van der Waals surface area contributed by atoms with Crippen LogP contribution in [0.5, 0.6) is 0 Å². The van der Waals surface area contributed by atoms with Crippen molar-refractivity contribution in [1.29, 1.82) is 0 Å². The van der Waals surface area contributed by atoms with Gasteiger partial charge in [-0.1, -0.05) is 60.1 Å². The number of ketones is 2. The molecule has 49 heavy (non-hydrogen) atoms. The molecule has 0 saturated heterocycles. The van der Waals surface area contributed by atoms with E-state index in [1.54, 1.807) is 16.8 Å². The van der Waals surface area contributed by atoms with Gasteiger partial charge in [-0.25, -0.2) is 9.83 Å². The molecule has 0 aliphatic heterocycles. The van der Waals surface area contributed by atoms with Crippen molar-refractivity contribution in [2.45, 2.75) is 93.4 Å². The van der Waals surface area contributed by atoms with Crippen LogP contribution in [0, 0.1) is 56.8 Å². The summed E-state index contributed by atoms with van der Waals surface area (Å²) in [6, 6.07) is 1.55. The number of nitrogens with zero attached hydrogens (tertiary/aromatic N) is 4. The number of nitrogens with two attached hydrogens (primary N) is 1. The molecule has 7 atom stereocenters. The van der Waals surface area contributed by atoms with Crippen LogP contribution in [0.15, 0.2) is 54.4 Å². The number of primary amides is 1. The third kappa shape index (κ3) is 4.34. The molecule has 5 aliphatic rings. The molecular weight excluding hydrogens is 614 g/mol. The number of carbonyl (C=O) groups excluding carboxylic acids is 4. The highest BCUT2D eigenvalue weighted by Crippen LogP contribution is 2.74. The number of Topliss-reactive ketones (excluding diaryl/α,β-unsaturated/α-hetero) is 1. The Bertz CT molecular complexity index is 1940. The largest absolute Gasteiger partial charge is 0.366 e. The molecule has 2 N–H and O–H groups in total. The first-order valence-corrected chi connectivity index (χ1v) is 17.6. The van der Waals surface area contributed by atoms with Crippen molar-refractivity contribution < 1.29 is 19.2 Å². The fourth-order valence-corrected chi connectivity index (χ4v) is 11.6. The van der Waals surface area contributed by atoms with Crippen molar-refractivity contribution in [2.75, 3.05) is 0 Å². The lowest BCUT2D eigenvalue weighted by Gasteiger charge is -2.69. The van der Waals surface area contributed by atoms with Crippen molar-refractivity contribution in [1.82, 2.24) is 14.5 Å². The topological polar surface area (TPSA) is 129 Å². The smallest absolute Gasteiger partial charge is 0.249 e. The highest BCUT2D eigenvalue weighted by molar-refractivity contribution is 6.03. The van der Waals surface area contributed by atoms with Crippen molar-refractivity contribution in [3.05, 3.63) is 71.4 Å². The Labute approximate surface area is 288 Å². The van der Waals surface area contributed by atoms with Gasteiger partial charge in [0.25, 0.3) is 0 Å². The molecule has 9 heteroatoms. The molecule has 3 fully saturated rings. The van der Waals surface area contributed by atoms with Crippen LogP contribution in [-0.2, 0) is 9.59 Å². The quantitative estimate of drug-likeness (QED) is 0.345. The maximum atomic E-state index is 14.9. The Hall–Kier alpha value is -4.19. The first-order chi connectivity index (χ1) is 22.9. The fourth-order valence-electron chi connectivity index (χ4n) is 11.6. The van der Waals surface area contributed by atoms with Crippen LogP contribution >= 0.6 is 0 Å². The second kappa shape index (κ2) is 10.4. The molecule has 9 nitrogen and oxygen atoms in total. The standard InChI is InChI=1S/C40H47N5O4/c1-35(2)12-14-40(34(49)45-21-27(44-22-45)24-20-43-16-10-23(24)33(41)48)15-13-39(7)31(25(40)18-35)28(46)17-30-37(5)19-26(42-8)32(47)36(3,4)29(37)9-11-38(30,39)6/h10,16-17,19-22,25,29,31H,9,11-15,18H2,1-7H3,(H2,41,48)/t25?,29?,31-,37-,38+,39+,40-/m0/s1. The van der Waals surface area contributed by atoms with E-state index in [0.29, 0.717) is 30.5 Å². The summed E-state index contributed by atoms with van der Waals surface area (Å²) in [5, 5.41) is 0. The minimum atomic E-state index is -0.756. The molecule has 2 heterocycles. The number of rotatable bonds is 3. The SMILES string of the molecule is [C-]#[N+]C1=C[C@]2(C)C3=CC(=O)[C@@H]4C5CC(C)(C)CC[C@]5(C(=O)n5cnc(-c6cnccc6C(N)=O)c5)CC[C@@]4(C)[C@]3(C)CCC2C(C)(C)C1=O. The lowest BCUT2D eigenvalue weighted by atomic mass is 9.34. The maximum Gasteiger partial charge on any atom is 0.249 e. The average Bonchev–Trinajstić information content (AvgIpc) is 3.54. The van der Waals surface area contributed by atoms with E-state index in [2.05, 4.69) is 49.4 Å². The highest BCUT2D eigenvalue weighted by Gasteiger charge is 2.70. The lowest BCUT2D eigenvalue weighted by molar-refractivity contribution is -0.164.